The van der Waals surface area contributed by atoms with E-state index in [4.69, 9.17) is 9.47 Å². The fourth-order valence-electron chi connectivity index (χ4n) is 4.39. The first-order valence-electron chi connectivity index (χ1n) is 8.73. The lowest BCUT2D eigenvalue weighted by atomic mass is 9.63. The van der Waals surface area contributed by atoms with Crippen LogP contribution >= 0.6 is 0 Å². The summed E-state index contributed by atoms with van der Waals surface area (Å²) in [5.74, 6) is 1.20. The van der Waals surface area contributed by atoms with E-state index in [1.165, 1.54) is 44.3 Å². The van der Waals surface area contributed by atoms with Gasteiger partial charge in [0, 0.05) is 12.0 Å². The molecule has 21 heavy (non-hydrogen) atoms. The summed E-state index contributed by atoms with van der Waals surface area (Å²) in [6.45, 7) is 12.0. The Morgan fingerprint density at radius 1 is 1.14 bits per heavy atom. The number of ether oxygens (including phenoxy) is 2. The number of hydrogen-bond donors (Lipinski definition) is 0. The van der Waals surface area contributed by atoms with E-state index in [0.717, 1.165) is 19.8 Å². The Morgan fingerprint density at radius 2 is 1.81 bits per heavy atom. The molecule has 3 rings (SSSR count). The Bertz CT molecular complexity index is 379. The predicted octanol–water partition coefficient (Wildman–Crippen LogP) is 3.45. The summed E-state index contributed by atoms with van der Waals surface area (Å²) in [7, 11) is 0. The van der Waals surface area contributed by atoms with Gasteiger partial charge in [0.05, 0.1) is 13.2 Å². The number of piperidine rings is 1. The first-order chi connectivity index (χ1) is 10.1. The van der Waals surface area contributed by atoms with E-state index in [2.05, 4.69) is 31.7 Å². The number of allylic oxidation sites excluding steroid dienone is 2. The predicted molar refractivity (Wildman–Crippen MR) is 85.1 cm³/mol. The van der Waals surface area contributed by atoms with Gasteiger partial charge in [-0.1, -0.05) is 31.9 Å². The lowest BCUT2D eigenvalue weighted by molar-refractivity contribution is -0.254. The van der Waals surface area contributed by atoms with Crippen molar-refractivity contribution in [2.24, 2.45) is 17.3 Å². The van der Waals surface area contributed by atoms with Gasteiger partial charge in [-0.25, -0.2) is 0 Å². The molecule has 3 aliphatic rings. The minimum Gasteiger partial charge on any atom is -0.351 e. The van der Waals surface area contributed by atoms with Gasteiger partial charge in [-0.2, -0.15) is 0 Å². The largest absolute Gasteiger partial charge is 0.351 e. The molecule has 2 fully saturated rings. The molecule has 0 saturated carbocycles. The Kier molecular flexibility index (Phi) is 4.72. The van der Waals surface area contributed by atoms with Gasteiger partial charge in [0.15, 0.2) is 6.29 Å². The minimum absolute atomic E-state index is 0.0138. The van der Waals surface area contributed by atoms with E-state index < -0.39 is 0 Å². The van der Waals surface area contributed by atoms with E-state index in [-0.39, 0.29) is 11.7 Å². The highest BCUT2D eigenvalue weighted by Crippen LogP contribution is 2.46. The third-order valence-corrected chi connectivity index (χ3v) is 5.98. The van der Waals surface area contributed by atoms with Crippen LogP contribution in [0, 0.1) is 17.3 Å². The highest BCUT2D eigenvalue weighted by atomic mass is 16.7. The van der Waals surface area contributed by atoms with Crippen molar-refractivity contribution < 1.29 is 9.47 Å². The van der Waals surface area contributed by atoms with Crippen molar-refractivity contribution in [3.8, 4) is 0 Å². The summed E-state index contributed by atoms with van der Waals surface area (Å²) in [4.78, 5) is 2.50. The molecule has 2 aliphatic heterocycles. The van der Waals surface area contributed by atoms with Gasteiger partial charge in [-0.3, -0.25) is 4.90 Å². The van der Waals surface area contributed by atoms with Crippen LogP contribution in [0.25, 0.3) is 0 Å². The van der Waals surface area contributed by atoms with Gasteiger partial charge in [0.1, 0.15) is 0 Å². The molecule has 0 N–H and O–H groups in total. The molecule has 2 saturated heterocycles. The molecular formula is C18H31NO2. The van der Waals surface area contributed by atoms with Crippen LogP contribution in [0.15, 0.2) is 11.6 Å². The standard InChI is InChI=1S/C18H31NO2/c1-14-9-15(2)18(16(3)10-14)12-20-17(21-13-18)11-19-7-5-4-6-8-19/h9,15-17H,4-8,10-13H2,1-3H3/t15-,16+,17?,18?/m1/s1. The third kappa shape index (κ3) is 3.20. The highest BCUT2D eigenvalue weighted by Gasteiger charge is 2.46. The maximum absolute atomic E-state index is 6.16. The molecule has 3 nitrogen and oxygen atoms in total. The molecule has 120 valence electrons. The molecule has 0 bridgehead atoms. The van der Waals surface area contributed by atoms with E-state index in [9.17, 15) is 0 Å². The lowest BCUT2D eigenvalue weighted by Crippen LogP contribution is -2.53. The number of likely N-dealkylation sites (tertiary alicyclic amines) is 1. The molecule has 3 heteroatoms. The molecule has 2 heterocycles. The third-order valence-electron chi connectivity index (χ3n) is 5.98. The zero-order chi connectivity index (χ0) is 14.9. The molecule has 0 aromatic rings. The summed E-state index contributed by atoms with van der Waals surface area (Å²) in [5, 5.41) is 0. The van der Waals surface area contributed by atoms with Crippen LogP contribution in [0.3, 0.4) is 0 Å². The fraction of sp³-hybridized carbons (Fsp3) is 0.889. The summed E-state index contributed by atoms with van der Waals surface area (Å²) in [6.07, 6.45) is 7.64. The van der Waals surface area contributed by atoms with Crippen molar-refractivity contribution in [3.63, 3.8) is 0 Å². The van der Waals surface area contributed by atoms with Crippen molar-refractivity contribution >= 4 is 0 Å². The van der Waals surface area contributed by atoms with Crippen LogP contribution in [0.5, 0.6) is 0 Å². The molecular weight excluding hydrogens is 262 g/mol. The summed E-state index contributed by atoms with van der Waals surface area (Å²) in [5.41, 5.74) is 1.72. The van der Waals surface area contributed by atoms with Crippen LogP contribution in [-0.2, 0) is 9.47 Å². The van der Waals surface area contributed by atoms with Gasteiger partial charge >= 0.3 is 0 Å². The van der Waals surface area contributed by atoms with Crippen LogP contribution in [0.1, 0.15) is 46.5 Å². The minimum atomic E-state index is -0.0138. The van der Waals surface area contributed by atoms with E-state index in [1.54, 1.807) is 0 Å². The second kappa shape index (κ2) is 6.39. The van der Waals surface area contributed by atoms with Crippen molar-refractivity contribution in [1.29, 1.82) is 0 Å². The Morgan fingerprint density at radius 3 is 2.43 bits per heavy atom. The molecule has 0 aromatic heterocycles. The number of nitrogens with zero attached hydrogens (tertiary/aromatic N) is 1. The lowest BCUT2D eigenvalue weighted by Gasteiger charge is -2.50. The smallest absolute Gasteiger partial charge is 0.170 e. The Balaban J connectivity index is 1.56. The average molecular weight is 293 g/mol. The van der Waals surface area contributed by atoms with E-state index >= 15 is 0 Å². The normalized spacial score (nSPS) is 42.0. The highest BCUT2D eigenvalue weighted by molar-refractivity contribution is 5.13. The van der Waals surface area contributed by atoms with Gasteiger partial charge in [-0.05, 0) is 51.1 Å². The first kappa shape index (κ1) is 15.5. The molecule has 1 aliphatic carbocycles. The zero-order valence-electron chi connectivity index (χ0n) is 13.9. The van der Waals surface area contributed by atoms with Crippen LogP contribution < -0.4 is 0 Å². The van der Waals surface area contributed by atoms with Gasteiger partial charge < -0.3 is 9.47 Å². The molecule has 0 amide bonds. The van der Waals surface area contributed by atoms with Crippen molar-refractivity contribution in [2.75, 3.05) is 32.8 Å². The summed E-state index contributed by atoms with van der Waals surface area (Å²) >= 11 is 0. The molecule has 0 radical (unpaired) electrons. The van der Waals surface area contributed by atoms with Crippen molar-refractivity contribution in [3.05, 3.63) is 11.6 Å². The maximum Gasteiger partial charge on any atom is 0.170 e. The van der Waals surface area contributed by atoms with Crippen LogP contribution in [0.4, 0.5) is 0 Å². The molecule has 2 atom stereocenters. The van der Waals surface area contributed by atoms with Gasteiger partial charge in [-0.15, -0.1) is 0 Å². The fourth-order valence-corrected chi connectivity index (χ4v) is 4.39. The first-order valence-corrected chi connectivity index (χ1v) is 8.73. The monoisotopic (exact) mass is 293 g/mol. The average Bonchev–Trinajstić information content (AvgIpc) is 2.47. The van der Waals surface area contributed by atoms with Crippen molar-refractivity contribution in [2.45, 2.75) is 52.7 Å². The van der Waals surface area contributed by atoms with E-state index in [1.807, 2.05) is 0 Å². The SMILES string of the molecule is CC1=C[C@@H](C)C2(COC(CN3CCCCC3)OC2)[C@@H](C)C1. The molecule has 0 unspecified atom stereocenters. The van der Waals surface area contributed by atoms with Crippen molar-refractivity contribution in [1.82, 2.24) is 4.90 Å². The number of hydrogen-bond acceptors (Lipinski definition) is 3. The van der Waals surface area contributed by atoms with Crippen LogP contribution in [-0.4, -0.2) is 44.0 Å². The zero-order valence-corrected chi connectivity index (χ0v) is 13.9. The second-order valence-corrected chi connectivity index (χ2v) is 7.55. The van der Waals surface area contributed by atoms with Gasteiger partial charge in [0.25, 0.3) is 0 Å². The Labute approximate surface area is 129 Å². The molecule has 1 spiro atoms. The second-order valence-electron chi connectivity index (χ2n) is 7.55. The topological polar surface area (TPSA) is 21.7 Å². The number of rotatable bonds is 2. The van der Waals surface area contributed by atoms with E-state index in [0.29, 0.717) is 11.8 Å². The Hall–Kier alpha value is -0.380. The maximum atomic E-state index is 6.16. The summed E-state index contributed by atoms with van der Waals surface area (Å²) in [6, 6.07) is 0. The van der Waals surface area contributed by atoms with Gasteiger partial charge in [0.2, 0.25) is 0 Å². The molecule has 0 aromatic carbocycles. The quantitative estimate of drug-likeness (QED) is 0.728. The van der Waals surface area contributed by atoms with Crippen LogP contribution in [0.2, 0.25) is 0 Å². The summed E-state index contributed by atoms with van der Waals surface area (Å²) < 4.78 is 12.3.